The summed E-state index contributed by atoms with van der Waals surface area (Å²) in [6, 6.07) is 4.24. The number of amides is 2. The smallest absolute Gasteiger partial charge is 0.260 e. The van der Waals surface area contributed by atoms with E-state index in [1.807, 2.05) is 0 Å². The molecule has 0 aliphatic carbocycles. The van der Waals surface area contributed by atoms with Gasteiger partial charge in [0.05, 0.1) is 0 Å². The number of rotatable bonds is 3. The second-order valence-electron chi connectivity index (χ2n) is 3.11. The number of hydrogen-bond donors (Lipinski definition) is 0. The molecule has 0 saturated heterocycles. The highest BCUT2D eigenvalue weighted by Gasteiger charge is 2.16. The first-order valence-electron chi connectivity index (χ1n) is 4.63. The topological polar surface area (TPSA) is 37.4 Å². The molecule has 80 valence electrons. The molecular weight excluding hydrogens is 197 g/mol. The van der Waals surface area contributed by atoms with Gasteiger partial charge in [-0.25, -0.2) is 4.39 Å². The second kappa shape index (κ2) is 4.68. The van der Waals surface area contributed by atoms with Crippen LogP contribution in [0.15, 0.2) is 18.2 Å². The molecule has 1 aromatic carbocycles. The molecule has 0 aromatic heterocycles. The lowest BCUT2D eigenvalue weighted by molar-refractivity contribution is -0.115. The Morgan fingerprint density at radius 1 is 1.53 bits per heavy atom. The molecule has 3 nitrogen and oxygen atoms in total. The highest BCUT2D eigenvalue weighted by molar-refractivity contribution is 6.00. The van der Waals surface area contributed by atoms with E-state index in [0.717, 1.165) is 4.90 Å². The minimum atomic E-state index is -0.468. The lowest BCUT2D eigenvalue weighted by atomic mass is 10.1. The molecule has 0 aliphatic heterocycles. The summed E-state index contributed by atoms with van der Waals surface area (Å²) in [6.07, 6.45) is 0.451. The fourth-order valence-electron chi connectivity index (χ4n) is 1.26. The van der Waals surface area contributed by atoms with Crippen LogP contribution in [-0.4, -0.2) is 23.8 Å². The van der Waals surface area contributed by atoms with Crippen LogP contribution in [0.5, 0.6) is 0 Å². The van der Waals surface area contributed by atoms with Gasteiger partial charge in [0.2, 0.25) is 6.41 Å². The zero-order chi connectivity index (χ0) is 11.4. The summed E-state index contributed by atoms with van der Waals surface area (Å²) in [5, 5.41) is 0. The average molecular weight is 209 g/mol. The molecule has 0 unspecified atom stereocenters. The summed E-state index contributed by atoms with van der Waals surface area (Å²) >= 11 is 0. The normalized spacial score (nSPS) is 9.80. The zero-order valence-corrected chi connectivity index (χ0v) is 8.66. The van der Waals surface area contributed by atoms with Crippen molar-refractivity contribution in [1.29, 1.82) is 0 Å². The predicted molar refractivity (Wildman–Crippen MR) is 53.9 cm³/mol. The number of imide groups is 1. The van der Waals surface area contributed by atoms with Gasteiger partial charge >= 0.3 is 0 Å². The Bertz CT molecular complexity index is 390. The van der Waals surface area contributed by atoms with Gasteiger partial charge in [-0.05, 0) is 31.5 Å². The van der Waals surface area contributed by atoms with Crippen LogP contribution in [0.2, 0.25) is 0 Å². The predicted octanol–water partition coefficient (Wildman–Crippen LogP) is 1.75. The Morgan fingerprint density at radius 3 is 2.73 bits per heavy atom. The third-order valence-electron chi connectivity index (χ3n) is 2.23. The van der Waals surface area contributed by atoms with Crippen molar-refractivity contribution in [3.8, 4) is 0 Å². The van der Waals surface area contributed by atoms with E-state index in [-0.39, 0.29) is 17.7 Å². The second-order valence-corrected chi connectivity index (χ2v) is 3.11. The minimum Gasteiger partial charge on any atom is -0.281 e. The van der Waals surface area contributed by atoms with E-state index in [0.29, 0.717) is 6.41 Å². The fraction of sp³-hybridized carbons (Fsp3) is 0.273. The molecule has 15 heavy (non-hydrogen) atoms. The molecule has 0 radical (unpaired) electrons. The lowest BCUT2D eigenvalue weighted by Crippen LogP contribution is -2.29. The van der Waals surface area contributed by atoms with E-state index < -0.39 is 11.7 Å². The SMILES string of the molecule is CCN(C=O)C(=O)c1cccc(F)c1C. The van der Waals surface area contributed by atoms with Crippen molar-refractivity contribution in [2.75, 3.05) is 6.54 Å². The van der Waals surface area contributed by atoms with Crippen molar-refractivity contribution in [3.05, 3.63) is 35.1 Å². The van der Waals surface area contributed by atoms with Gasteiger partial charge in [-0.15, -0.1) is 0 Å². The van der Waals surface area contributed by atoms with E-state index in [4.69, 9.17) is 0 Å². The quantitative estimate of drug-likeness (QED) is 0.711. The van der Waals surface area contributed by atoms with Gasteiger partial charge in [0, 0.05) is 12.1 Å². The summed E-state index contributed by atoms with van der Waals surface area (Å²) < 4.78 is 13.2. The third kappa shape index (κ3) is 2.21. The number of carbonyl (C=O) groups is 2. The monoisotopic (exact) mass is 209 g/mol. The van der Waals surface area contributed by atoms with E-state index in [1.165, 1.54) is 25.1 Å². The molecule has 0 aliphatic rings. The Kier molecular flexibility index (Phi) is 3.55. The summed E-state index contributed by atoms with van der Waals surface area (Å²) in [5.74, 6) is -0.910. The maximum Gasteiger partial charge on any atom is 0.260 e. The van der Waals surface area contributed by atoms with E-state index in [9.17, 15) is 14.0 Å². The van der Waals surface area contributed by atoms with E-state index in [1.54, 1.807) is 6.92 Å². The van der Waals surface area contributed by atoms with Crippen LogP contribution in [0, 0.1) is 12.7 Å². The Morgan fingerprint density at radius 2 is 2.20 bits per heavy atom. The van der Waals surface area contributed by atoms with Crippen LogP contribution >= 0.6 is 0 Å². The summed E-state index contributed by atoms with van der Waals surface area (Å²) in [4.78, 5) is 23.3. The van der Waals surface area contributed by atoms with Crippen LogP contribution in [0.3, 0.4) is 0 Å². The highest BCUT2D eigenvalue weighted by Crippen LogP contribution is 2.13. The lowest BCUT2D eigenvalue weighted by Gasteiger charge is -2.14. The molecule has 0 N–H and O–H groups in total. The Balaban J connectivity index is 3.11. The van der Waals surface area contributed by atoms with Crippen LogP contribution in [0.25, 0.3) is 0 Å². The number of halogens is 1. The van der Waals surface area contributed by atoms with Crippen LogP contribution in [0.1, 0.15) is 22.8 Å². The van der Waals surface area contributed by atoms with Crippen LogP contribution in [-0.2, 0) is 4.79 Å². The molecular formula is C11H12FNO2. The van der Waals surface area contributed by atoms with Crippen molar-refractivity contribution in [2.24, 2.45) is 0 Å². The first-order chi connectivity index (χ1) is 7.11. The summed E-state index contributed by atoms with van der Waals surface area (Å²) in [7, 11) is 0. The number of nitrogens with zero attached hydrogens (tertiary/aromatic N) is 1. The minimum absolute atomic E-state index is 0.226. The van der Waals surface area contributed by atoms with Crippen molar-refractivity contribution < 1.29 is 14.0 Å². The molecule has 2 amide bonds. The van der Waals surface area contributed by atoms with Gasteiger partial charge in [0.1, 0.15) is 5.82 Å². The van der Waals surface area contributed by atoms with Gasteiger partial charge < -0.3 is 0 Å². The van der Waals surface area contributed by atoms with E-state index in [2.05, 4.69) is 0 Å². The molecule has 4 heteroatoms. The van der Waals surface area contributed by atoms with Gasteiger partial charge in [-0.3, -0.25) is 14.5 Å². The largest absolute Gasteiger partial charge is 0.281 e. The van der Waals surface area contributed by atoms with Gasteiger partial charge in [-0.1, -0.05) is 6.07 Å². The summed E-state index contributed by atoms with van der Waals surface area (Å²) in [6.45, 7) is 3.47. The number of carbonyl (C=O) groups excluding carboxylic acids is 2. The molecule has 0 fully saturated rings. The maximum absolute atomic E-state index is 13.2. The highest BCUT2D eigenvalue weighted by atomic mass is 19.1. The molecule has 0 heterocycles. The Hall–Kier alpha value is -1.71. The van der Waals surface area contributed by atoms with Crippen molar-refractivity contribution in [2.45, 2.75) is 13.8 Å². The van der Waals surface area contributed by atoms with Gasteiger partial charge in [0.15, 0.2) is 0 Å². The average Bonchev–Trinajstić information content (AvgIpc) is 2.23. The van der Waals surface area contributed by atoms with Gasteiger partial charge in [-0.2, -0.15) is 0 Å². The van der Waals surface area contributed by atoms with Crippen molar-refractivity contribution in [3.63, 3.8) is 0 Å². The Labute approximate surface area is 87.5 Å². The number of hydrogen-bond acceptors (Lipinski definition) is 2. The maximum atomic E-state index is 13.2. The molecule has 0 bridgehead atoms. The molecule has 1 aromatic rings. The van der Waals surface area contributed by atoms with Crippen molar-refractivity contribution >= 4 is 12.3 Å². The van der Waals surface area contributed by atoms with Gasteiger partial charge in [0.25, 0.3) is 5.91 Å². The number of benzene rings is 1. The van der Waals surface area contributed by atoms with Crippen molar-refractivity contribution in [1.82, 2.24) is 4.90 Å². The van der Waals surface area contributed by atoms with E-state index >= 15 is 0 Å². The van der Waals surface area contributed by atoms with Crippen LogP contribution < -0.4 is 0 Å². The zero-order valence-electron chi connectivity index (χ0n) is 8.66. The molecule has 0 atom stereocenters. The molecule has 0 saturated carbocycles. The van der Waals surface area contributed by atoms with Crippen LogP contribution in [0.4, 0.5) is 4.39 Å². The fourth-order valence-corrected chi connectivity index (χ4v) is 1.26. The standard InChI is InChI=1S/C11H12FNO2/c1-3-13(7-14)11(15)9-5-4-6-10(12)8(9)2/h4-7H,3H2,1-2H3. The first-order valence-corrected chi connectivity index (χ1v) is 4.63. The molecule has 1 rings (SSSR count). The molecule has 0 spiro atoms. The third-order valence-corrected chi connectivity index (χ3v) is 2.23. The first kappa shape index (κ1) is 11.4. The summed E-state index contributed by atoms with van der Waals surface area (Å²) in [5.41, 5.74) is 0.492.